The molecular weight excluding hydrogens is 240 g/mol. The van der Waals surface area contributed by atoms with Crippen LogP contribution < -0.4 is 0 Å². The quantitative estimate of drug-likeness (QED) is 0.591. The lowest BCUT2D eigenvalue weighted by molar-refractivity contribution is -0.137. The van der Waals surface area contributed by atoms with E-state index in [1.807, 2.05) is 0 Å². The first kappa shape index (κ1) is 13.4. The van der Waals surface area contributed by atoms with E-state index in [1.165, 1.54) is 18.2 Å². The minimum absolute atomic E-state index is 0.212. The van der Waals surface area contributed by atoms with Crippen LogP contribution in [0.15, 0.2) is 47.4 Å². The zero-order chi connectivity index (χ0) is 12.7. The molecule has 0 spiro atoms. The summed E-state index contributed by atoms with van der Waals surface area (Å²) in [6.07, 6.45) is 2.42. The third kappa shape index (κ3) is 4.40. The first-order chi connectivity index (χ1) is 8.06. The number of benzene rings is 1. The van der Waals surface area contributed by atoms with Crippen LogP contribution in [0.1, 0.15) is 6.92 Å². The number of carbonyl (C=O) groups is 1. The summed E-state index contributed by atoms with van der Waals surface area (Å²) in [5, 5.41) is 0. The highest BCUT2D eigenvalue weighted by molar-refractivity contribution is 7.91. The van der Waals surface area contributed by atoms with Crippen molar-refractivity contribution in [2.45, 2.75) is 11.8 Å². The van der Waals surface area contributed by atoms with E-state index in [1.54, 1.807) is 25.1 Å². The first-order valence-electron chi connectivity index (χ1n) is 5.17. The van der Waals surface area contributed by atoms with Crippen LogP contribution in [0, 0.1) is 0 Å². The number of rotatable bonds is 5. The Bertz CT molecular complexity index is 488. The average Bonchev–Trinajstić information content (AvgIpc) is 2.30. The Morgan fingerprint density at radius 1 is 1.29 bits per heavy atom. The molecule has 17 heavy (non-hydrogen) atoms. The molecule has 0 radical (unpaired) electrons. The van der Waals surface area contributed by atoms with E-state index in [0.717, 1.165) is 6.08 Å². The minimum atomic E-state index is -3.37. The van der Waals surface area contributed by atoms with E-state index >= 15 is 0 Å². The molecule has 5 heteroatoms. The number of hydrogen-bond acceptors (Lipinski definition) is 4. The van der Waals surface area contributed by atoms with Crippen LogP contribution in [0.4, 0.5) is 0 Å². The fraction of sp³-hybridized carbons (Fsp3) is 0.250. The maximum absolute atomic E-state index is 11.8. The van der Waals surface area contributed by atoms with Crippen molar-refractivity contribution < 1.29 is 17.9 Å². The lowest BCUT2D eigenvalue weighted by atomic mass is 10.4. The fourth-order valence-electron chi connectivity index (χ4n) is 1.19. The molecule has 1 aromatic rings. The van der Waals surface area contributed by atoms with Gasteiger partial charge in [0.25, 0.3) is 0 Å². The van der Waals surface area contributed by atoms with Crippen LogP contribution in [0.3, 0.4) is 0 Å². The van der Waals surface area contributed by atoms with Crippen LogP contribution in [0.5, 0.6) is 0 Å². The second-order valence-corrected chi connectivity index (χ2v) is 5.28. The molecule has 0 bridgehead atoms. The van der Waals surface area contributed by atoms with Gasteiger partial charge in [-0.15, -0.1) is 0 Å². The van der Waals surface area contributed by atoms with Gasteiger partial charge in [0.1, 0.15) is 0 Å². The monoisotopic (exact) mass is 254 g/mol. The van der Waals surface area contributed by atoms with Crippen molar-refractivity contribution in [3.8, 4) is 0 Å². The summed E-state index contributed by atoms with van der Waals surface area (Å²) < 4.78 is 28.2. The summed E-state index contributed by atoms with van der Waals surface area (Å²) in [6.45, 7) is 1.96. The largest absolute Gasteiger partial charge is 0.463 e. The van der Waals surface area contributed by atoms with Gasteiger partial charge in [-0.1, -0.05) is 24.3 Å². The third-order valence-electron chi connectivity index (χ3n) is 1.96. The molecule has 0 N–H and O–H groups in total. The molecule has 0 aliphatic rings. The van der Waals surface area contributed by atoms with Gasteiger partial charge in [-0.3, -0.25) is 0 Å². The molecule has 0 amide bonds. The van der Waals surface area contributed by atoms with E-state index in [4.69, 9.17) is 0 Å². The molecule has 0 saturated carbocycles. The van der Waals surface area contributed by atoms with Crippen molar-refractivity contribution in [3.05, 3.63) is 42.5 Å². The van der Waals surface area contributed by atoms with Crippen LogP contribution in [-0.2, 0) is 19.4 Å². The van der Waals surface area contributed by atoms with Crippen molar-refractivity contribution >= 4 is 15.8 Å². The highest BCUT2D eigenvalue weighted by Crippen LogP contribution is 2.09. The predicted octanol–water partition coefficient (Wildman–Crippen LogP) is 1.58. The number of esters is 1. The zero-order valence-electron chi connectivity index (χ0n) is 9.50. The Hall–Kier alpha value is -1.62. The summed E-state index contributed by atoms with van der Waals surface area (Å²) in [5.41, 5.74) is 0. The Kier molecular flexibility index (Phi) is 4.90. The summed E-state index contributed by atoms with van der Waals surface area (Å²) in [5.74, 6) is -0.744. The second-order valence-electron chi connectivity index (χ2n) is 3.25. The smallest absolute Gasteiger partial charge is 0.330 e. The van der Waals surface area contributed by atoms with Crippen molar-refractivity contribution in [1.82, 2.24) is 0 Å². The van der Waals surface area contributed by atoms with E-state index in [2.05, 4.69) is 4.74 Å². The molecule has 0 unspecified atom stereocenters. The van der Waals surface area contributed by atoms with Crippen molar-refractivity contribution in [2.75, 3.05) is 12.4 Å². The van der Waals surface area contributed by atoms with Gasteiger partial charge in [0.2, 0.25) is 0 Å². The lowest BCUT2D eigenvalue weighted by Crippen LogP contribution is -2.06. The molecule has 0 aliphatic heterocycles. The van der Waals surface area contributed by atoms with Crippen molar-refractivity contribution in [1.29, 1.82) is 0 Å². The van der Waals surface area contributed by atoms with Crippen LogP contribution >= 0.6 is 0 Å². The van der Waals surface area contributed by atoms with Gasteiger partial charge in [-0.05, 0) is 19.1 Å². The SMILES string of the molecule is CCOC(=O)/C=C\CS(=O)(=O)c1ccccc1. The summed E-state index contributed by atoms with van der Waals surface area (Å²) in [7, 11) is -3.37. The van der Waals surface area contributed by atoms with E-state index < -0.39 is 15.8 Å². The highest BCUT2D eigenvalue weighted by atomic mass is 32.2. The Balaban J connectivity index is 2.66. The van der Waals surface area contributed by atoms with Crippen molar-refractivity contribution in [2.24, 2.45) is 0 Å². The van der Waals surface area contributed by atoms with Gasteiger partial charge in [0.15, 0.2) is 9.84 Å². The van der Waals surface area contributed by atoms with Gasteiger partial charge in [-0.25, -0.2) is 13.2 Å². The van der Waals surface area contributed by atoms with Gasteiger partial charge < -0.3 is 4.74 Å². The topological polar surface area (TPSA) is 60.4 Å². The molecule has 0 atom stereocenters. The van der Waals surface area contributed by atoms with Crippen molar-refractivity contribution in [3.63, 3.8) is 0 Å². The molecular formula is C12H14O4S. The van der Waals surface area contributed by atoms with E-state index in [0.29, 0.717) is 0 Å². The predicted molar refractivity (Wildman–Crippen MR) is 64.3 cm³/mol. The fourth-order valence-corrected chi connectivity index (χ4v) is 2.30. The molecule has 0 aliphatic carbocycles. The molecule has 1 aromatic carbocycles. The maximum Gasteiger partial charge on any atom is 0.330 e. The molecule has 92 valence electrons. The normalized spacial score (nSPS) is 11.6. The summed E-state index contributed by atoms with van der Waals surface area (Å²) in [4.78, 5) is 11.2. The van der Waals surface area contributed by atoms with E-state index in [-0.39, 0.29) is 17.3 Å². The standard InChI is InChI=1S/C12H14O4S/c1-2-16-12(13)9-6-10-17(14,15)11-7-4-3-5-8-11/h3-9H,2,10H2,1H3/b9-6-. The van der Waals surface area contributed by atoms with Gasteiger partial charge in [0, 0.05) is 6.08 Å². The first-order valence-corrected chi connectivity index (χ1v) is 6.82. The number of hydrogen-bond donors (Lipinski definition) is 0. The lowest BCUT2D eigenvalue weighted by Gasteiger charge is -2.00. The zero-order valence-corrected chi connectivity index (χ0v) is 10.3. The van der Waals surface area contributed by atoms with E-state index in [9.17, 15) is 13.2 Å². The Labute approximate surface area is 101 Å². The number of carbonyl (C=O) groups excluding carboxylic acids is 1. The highest BCUT2D eigenvalue weighted by Gasteiger charge is 2.11. The molecule has 0 fully saturated rings. The Morgan fingerprint density at radius 2 is 1.94 bits per heavy atom. The van der Waals surface area contributed by atoms with Gasteiger partial charge in [0.05, 0.1) is 17.3 Å². The molecule has 0 aromatic heterocycles. The summed E-state index contributed by atoms with van der Waals surface area (Å²) in [6, 6.07) is 8.10. The molecule has 4 nitrogen and oxygen atoms in total. The Morgan fingerprint density at radius 3 is 2.53 bits per heavy atom. The molecule has 1 rings (SSSR count). The maximum atomic E-state index is 11.8. The van der Waals surface area contributed by atoms with Crippen LogP contribution in [0.25, 0.3) is 0 Å². The van der Waals surface area contributed by atoms with Crippen LogP contribution in [0.2, 0.25) is 0 Å². The molecule has 0 saturated heterocycles. The van der Waals surface area contributed by atoms with Gasteiger partial charge >= 0.3 is 5.97 Å². The molecule has 0 heterocycles. The van der Waals surface area contributed by atoms with Crippen LogP contribution in [-0.4, -0.2) is 26.7 Å². The number of sulfone groups is 1. The summed E-state index contributed by atoms with van der Waals surface area (Å²) >= 11 is 0. The minimum Gasteiger partial charge on any atom is -0.463 e. The number of ether oxygens (including phenoxy) is 1. The third-order valence-corrected chi connectivity index (χ3v) is 3.58. The van der Waals surface area contributed by atoms with Gasteiger partial charge in [-0.2, -0.15) is 0 Å². The second kappa shape index (κ2) is 6.20. The average molecular weight is 254 g/mol.